The third-order valence-electron chi connectivity index (χ3n) is 0.941. The second kappa shape index (κ2) is 2.65. The van der Waals surface area contributed by atoms with E-state index in [0.717, 1.165) is 0 Å². The van der Waals surface area contributed by atoms with Gasteiger partial charge in [-0.15, -0.1) is 0 Å². The Bertz CT molecular complexity index is 260. The van der Waals surface area contributed by atoms with Crippen LogP contribution in [0.15, 0.2) is 16.4 Å². The molecule has 48 valence electrons. The van der Waals surface area contributed by atoms with Crippen LogP contribution in [-0.2, 0) is 4.74 Å². The van der Waals surface area contributed by atoms with Crippen molar-refractivity contribution in [1.29, 1.82) is 10.5 Å². The Kier molecular flexibility index (Phi) is 1.67. The molecule has 0 saturated heterocycles. The highest BCUT2D eigenvalue weighted by molar-refractivity contribution is 5.63. The Morgan fingerprint density at radius 1 is 1.60 bits per heavy atom. The van der Waals surface area contributed by atoms with Crippen molar-refractivity contribution in [1.82, 2.24) is 0 Å². The predicted molar refractivity (Wildman–Crippen MR) is 32.7 cm³/mol. The van der Waals surface area contributed by atoms with Gasteiger partial charge in [-0.1, -0.05) is 0 Å². The van der Waals surface area contributed by atoms with Crippen molar-refractivity contribution in [3.63, 3.8) is 0 Å². The quantitative estimate of drug-likeness (QED) is 0.447. The largest absolute Gasteiger partial charge is 0.470 e. The van der Waals surface area contributed by atoms with Crippen molar-refractivity contribution in [2.45, 2.75) is 0 Å². The zero-order valence-corrected chi connectivity index (χ0v) is 5.03. The van der Waals surface area contributed by atoms with Gasteiger partial charge in [-0.25, -0.2) is 4.99 Å². The summed E-state index contributed by atoms with van der Waals surface area (Å²) in [7, 11) is 0. The molecule has 1 aliphatic rings. The Labute approximate surface area is 57.7 Å². The number of hydrogen-bond acceptors (Lipinski definition) is 4. The van der Waals surface area contributed by atoms with Gasteiger partial charge in [-0.3, -0.25) is 0 Å². The number of allylic oxidation sites excluding steroid dienone is 1. The molecule has 0 aromatic rings. The van der Waals surface area contributed by atoms with Gasteiger partial charge in [0.25, 0.3) is 0 Å². The first-order valence-corrected chi connectivity index (χ1v) is 2.58. The molecule has 0 aliphatic carbocycles. The number of nitriles is 2. The van der Waals surface area contributed by atoms with E-state index >= 15 is 0 Å². The van der Waals surface area contributed by atoms with Gasteiger partial charge in [0, 0.05) is 6.21 Å². The molecule has 0 amide bonds. The van der Waals surface area contributed by atoms with Crippen LogP contribution < -0.4 is 0 Å². The molecule has 10 heavy (non-hydrogen) atoms. The van der Waals surface area contributed by atoms with Gasteiger partial charge in [0.2, 0.25) is 5.88 Å². The fourth-order valence-electron chi connectivity index (χ4n) is 0.531. The summed E-state index contributed by atoms with van der Waals surface area (Å²) in [4.78, 5) is 3.67. The lowest BCUT2D eigenvalue weighted by atomic mass is 10.3. The molecule has 0 N–H and O–H groups in total. The van der Waals surface area contributed by atoms with Gasteiger partial charge in [-0.05, 0) is 0 Å². The van der Waals surface area contributed by atoms with E-state index < -0.39 is 0 Å². The maximum absolute atomic E-state index is 8.30. The number of rotatable bonds is 0. The minimum atomic E-state index is -0.0752. The maximum Gasteiger partial charge on any atom is 0.242 e. The number of aliphatic imine (C=N–C) groups is 1. The molecule has 1 heterocycles. The fraction of sp³-hybridized carbons (Fsp3) is 0.167. The summed E-state index contributed by atoms with van der Waals surface area (Å²) in [5.74, 6) is 0.130. The molecule has 0 spiro atoms. The minimum absolute atomic E-state index is 0.0752. The van der Waals surface area contributed by atoms with Crippen LogP contribution in [0.2, 0.25) is 0 Å². The highest BCUT2D eigenvalue weighted by atomic mass is 16.5. The van der Waals surface area contributed by atoms with Gasteiger partial charge < -0.3 is 4.74 Å². The van der Waals surface area contributed by atoms with Crippen LogP contribution in [0.5, 0.6) is 0 Å². The molecule has 0 saturated carbocycles. The Balaban J connectivity index is 2.97. The molecule has 0 bridgehead atoms. The predicted octanol–water partition coefficient (Wildman–Crippen LogP) is 0.346. The molecule has 0 aromatic carbocycles. The standard InChI is InChI=1S/C6H3N3O/c7-3-5(4-8)6-9-1-2-10-6/h1H,2H2. The van der Waals surface area contributed by atoms with E-state index in [1.807, 2.05) is 0 Å². The van der Waals surface area contributed by atoms with Gasteiger partial charge >= 0.3 is 0 Å². The molecule has 0 unspecified atom stereocenters. The van der Waals surface area contributed by atoms with Gasteiger partial charge in [0.05, 0.1) is 0 Å². The van der Waals surface area contributed by atoms with Crippen LogP contribution in [0.25, 0.3) is 0 Å². The Morgan fingerprint density at radius 2 is 2.30 bits per heavy atom. The lowest BCUT2D eigenvalue weighted by Crippen LogP contribution is -1.85. The third kappa shape index (κ3) is 0.958. The molecule has 0 atom stereocenters. The molecular formula is C6H3N3O. The zero-order valence-electron chi connectivity index (χ0n) is 5.03. The monoisotopic (exact) mass is 133 g/mol. The number of hydrogen-bond donors (Lipinski definition) is 0. The molecule has 1 aliphatic heterocycles. The van der Waals surface area contributed by atoms with Crippen LogP contribution in [-0.4, -0.2) is 12.8 Å². The first kappa shape index (κ1) is 6.31. The topological polar surface area (TPSA) is 69.2 Å². The number of ether oxygens (including phenoxy) is 1. The van der Waals surface area contributed by atoms with Gasteiger partial charge in [0.15, 0.2) is 5.57 Å². The lowest BCUT2D eigenvalue weighted by molar-refractivity contribution is 0.276. The van der Waals surface area contributed by atoms with Crippen molar-refractivity contribution >= 4 is 6.21 Å². The second-order valence-electron chi connectivity index (χ2n) is 1.53. The van der Waals surface area contributed by atoms with Crippen LogP contribution in [0.4, 0.5) is 0 Å². The normalized spacial score (nSPS) is 13.6. The number of nitrogens with zero attached hydrogens (tertiary/aromatic N) is 3. The average molecular weight is 133 g/mol. The van der Waals surface area contributed by atoms with Gasteiger partial charge in [-0.2, -0.15) is 10.5 Å². The van der Waals surface area contributed by atoms with Crippen molar-refractivity contribution < 1.29 is 4.74 Å². The van der Waals surface area contributed by atoms with Crippen LogP contribution >= 0.6 is 0 Å². The van der Waals surface area contributed by atoms with E-state index in [1.54, 1.807) is 12.1 Å². The Hall–Kier alpha value is -1.81. The van der Waals surface area contributed by atoms with E-state index in [4.69, 9.17) is 15.3 Å². The van der Waals surface area contributed by atoms with Crippen molar-refractivity contribution in [2.24, 2.45) is 4.99 Å². The van der Waals surface area contributed by atoms with E-state index in [9.17, 15) is 0 Å². The summed E-state index contributed by atoms with van der Waals surface area (Å²) < 4.78 is 4.81. The first-order chi connectivity index (χ1) is 4.88. The minimum Gasteiger partial charge on any atom is -0.470 e. The summed E-state index contributed by atoms with van der Waals surface area (Å²) in [5, 5.41) is 16.6. The summed E-state index contributed by atoms with van der Waals surface area (Å²) in [6.07, 6.45) is 1.50. The zero-order chi connectivity index (χ0) is 7.40. The first-order valence-electron chi connectivity index (χ1n) is 2.58. The third-order valence-corrected chi connectivity index (χ3v) is 0.941. The average Bonchev–Trinajstić information content (AvgIpc) is 2.43. The SMILES string of the molecule is N#CC(C#N)=C1N=CCO1. The lowest BCUT2D eigenvalue weighted by Gasteiger charge is -1.91. The second-order valence-corrected chi connectivity index (χ2v) is 1.53. The van der Waals surface area contributed by atoms with E-state index in [0.29, 0.717) is 6.61 Å². The Morgan fingerprint density at radius 3 is 2.70 bits per heavy atom. The summed E-state index contributed by atoms with van der Waals surface area (Å²) in [5.41, 5.74) is -0.0752. The summed E-state index contributed by atoms with van der Waals surface area (Å²) in [6.45, 7) is 0.349. The molecule has 0 fully saturated rings. The fourth-order valence-corrected chi connectivity index (χ4v) is 0.531. The van der Waals surface area contributed by atoms with E-state index in [2.05, 4.69) is 4.99 Å². The van der Waals surface area contributed by atoms with Crippen molar-refractivity contribution in [2.75, 3.05) is 6.61 Å². The van der Waals surface area contributed by atoms with E-state index in [-0.39, 0.29) is 11.5 Å². The molecule has 0 aromatic heterocycles. The highest BCUT2D eigenvalue weighted by Crippen LogP contribution is 2.09. The molecule has 0 radical (unpaired) electrons. The van der Waals surface area contributed by atoms with Crippen LogP contribution in [0, 0.1) is 22.7 Å². The van der Waals surface area contributed by atoms with Crippen molar-refractivity contribution in [3.05, 3.63) is 11.5 Å². The van der Waals surface area contributed by atoms with Crippen molar-refractivity contribution in [3.8, 4) is 12.1 Å². The van der Waals surface area contributed by atoms with E-state index in [1.165, 1.54) is 6.21 Å². The van der Waals surface area contributed by atoms with Crippen LogP contribution in [0.3, 0.4) is 0 Å². The molecular weight excluding hydrogens is 130 g/mol. The molecule has 4 heteroatoms. The smallest absolute Gasteiger partial charge is 0.242 e. The summed E-state index contributed by atoms with van der Waals surface area (Å²) in [6, 6.07) is 3.35. The molecule has 1 rings (SSSR count). The molecule has 4 nitrogen and oxygen atoms in total. The summed E-state index contributed by atoms with van der Waals surface area (Å²) >= 11 is 0. The maximum atomic E-state index is 8.30. The van der Waals surface area contributed by atoms with Gasteiger partial charge in [0.1, 0.15) is 18.7 Å². The van der Waals surface area contributed by atoms with Crippen LogP contribution in [0.1, 0.15) is 0 Å². The highest BCUT2D eigenvalue weighted by Gasteiger charge is 2.08.